The molecule has 2 aliphatic heterocycles. The van der Waals surface area contributed by atoms with Gasteiger partial charge >= 0.3 is 5.97 Å². The first-order chi connectivity index (χ1) is 9.55. The number of ether oxygens (including phenoxy) is 1. The summed E-state index contributed by atoms with van der Waals surface area (Å²) in [6.07, 6.45) is 3.14. The summed E-state index contributed by atoms with van der Waals surface area (Å²) in [5.74, 6) is -1.66. The lowest BCUT2D eigenvalue weighted by Crippen LogP contribution is -2.44. The SMILES string of the molecule is O=C(O)c1nc2n(c(=O)c1O)CCCC21CCOCC1. The van der Waals surface area contributed by atoms with Gasteiger partial charge in [0.2, 0.25) is 5.75 Å². The summed E-state index contributed by atoms with van der Waals surface area (Å²) in [5, 5.41) is 18.8. The molecule has 3 heterocycles. The van der Waals surface area contributed by atoms with Gasteiger partial charge in [0.25, 0.3) is 5.56 Å². The smallest absolute Gasteiger partial charge is 0.358 e. The summed E-state index contributed by atoms with van der Waals surface area (Å²) >= 11 is 0. The number of nitrogens with zero attached hydrogens (tertiary/aromatic N) is 2. The van der Waals surface area contributed by atoms with Gasteiger partial charge < -0.3 is 14.9 Å². The van der Waals surface area contributed by atoms with E-state index in [1.165, 1.54) is 4.57 Å². The molecule has 2 aliphatic rings. The van der Waals surface area contributed by atoms with E-state index in [-0.39, 0.29) is 5.41 Å². The second kappa shape index (κ2) is 4.59. The average molecular weight is 280 g/mol. The monoisotopic (exact) mass is 280 g/mol. The molecule has 0 aliphatic carbocycles. The zero-order chi connectivity index (χ0) is 14.3. The predicted octanol–water partition coefficient (Wildman–Crippen LogP) is 0.489. The molecule has 108 valence electrons. The molecule has 0 atom stereocenters. The maximum absolute atomic E-state index is 12.1. The van der Waals surface area contributed by atoms with Crippen molar-refractivity contribution in [1.82, 2.24) is 9.55 Å². The molecule has 7 nitrogen and oxygen atoms in total. The largest absolute Gasteiger partial charge is 0.501 e. The number of hydrogen-bond acceptors (Lipinski definition) is 5. The van der Waals surface area contributed by atoms with Gasteiger partial charge in [-0.25, -0.2) is 9.78 Å². The fourth-order valence-corrected chi connectivity index (χ4v) is 3.23. The van der Waals surface area contributed by atoms with Crippen molar-refractivity contribution in [2.75, 3.05) is 13.2 Å². The minimum atomic E-state index is -1.38. The average Bonchev–Trinajstić information content (AvgIpc) is 2.44. The first kappa shape index (κ1) is 13.1. The summed E-state index contributed by atoms with van der Waals surface area (Å²) in [6.45, 7) is 1.63. The van der Waals surface area contributed by atoms with Crippen molar-refractivity contribution in [2.45, 2.75) is 37.6 Å². The molecule has 1 saturated heterocycles. The highest BCUT2D eigenvalue weighted by molar-refractivity contribution is 5.88. The Morgan fingerprint density at radius 3 is 2.65 bits per heavy atom. The van der Waals surface area contributed by atoms with Crippen LogP contribution in [0.4, 0.5) is 0 Å². The number of carboxylic acids is 1. The molecule has 1 fully saturated rings. The Balaban J connectivity index is 2.22. The van der Waals surface area contributed by atoms with Crippen molar-refractivity contribution in [3.63, 3.8) is 0 Å². The van der Waals surface area contributed by atoms with Crippen LogP contribution in [0.15, 0.2) is 4.79 Å². The molecular formula is C13H16N2O5. The van der Waals surface area contributed by atoms with Gasteiger partial charge in [0.15, 0.2) is 5.69 Å². The highest BCUT2D eigenvalue weighted by Crippen LogP contribution is 2.40. The summed E-state index contributed by atoms with van der Waals surface area (Å²) in [6, 6.07) is 0. The maximum atomic E-state index is 12.1. The standard InChI is InChI=1S/C13H16N2O5/c16-9-8(11(18)19)14-12-13(3-6-20-7-4-13)2-1-5-15(12)10(9)17/h16H,1-7H2,(H,18,19). The first-order valence-electron chi connectivity index (χ1n) is 6.70. The highest BCUT2D eigenvalue weighted by atomic mass is 16.5. The van der Waals surface area contributed by atoms with Crippen molar-refractivity contribution < 1.29 is 19.7 Å². The third-order valence-electron chi connectivity index (χ3n) is 4.31. The molecule has 0 amide bonds. The number of rotatable bonds is 1. The van der Waals surface area contributed by atoms with Crippen LogP contribution >= 0.6 is 0 Å². The molecule has 1 spiro atoms. The van der Waals surface area contributed by atoms with E-state index in [9.17, 15) is 14.7 Å². The van der Waals surface area contributed by atoms with Crippen LogP contribution < -0.4 is 5.56 Å². The Morgan fingerprint density at radius 2 is 2.00 bits per heavy atom. The van der Waals surface area contributed by atoms with Crippen molar-refractivity contribution >= 4 is 5.97 Å². The third kappa shape index (κ3) is 1.81. The summed E-state index contributed by atoms with van der Waals surface area (Å²) in [4.78, 5) is 27.4. The Hall–Kier alpha value is -1.89. The molecule has 2 N–H and O–H groups in total. The molecule has 0 unspecified atom stereocenters. The molecule has 0 bridgehead atoms. The number of aromatic nitrogens is 2. The lowest BCUT2D eigenvalue weighted by molar-refractivity contribution is 0.0348. The lowest BCUT2D eigenvalue weighted by atomic mass is 9.73. The number of aromatic carboxylic acids is 1. The zero-order valence-corrected chi connectivity index (χ0v) is 11.0. The number of carbonyl (C=O) groups is 1. The molecule has 3 rings (SSSR count). The molecule has 1 aromatic heterocycles. The van der Waals surface area contributed by atoms with E-state index in [0.29, 0.717) is 25.6 Å². The lowest BCUT2D eigenvalue weighted by Gasteiger charge is -2.41. The van der Waals surface area contributed by atoms with Crippen LogP contribution in [0.1, 0.15) is 42.0 Å². The van der Waals surface area contributed by atoms with Gasteiger partial charge in [-0.3, -0.25) is 9.36 Å². The number of fused-ring (bicyclic) bond motifs is 2. The minimum Gasteiger partial charge on any atom is -0.501 e. The second-order valence-electron chi connectivity index (χ2n) is 5.39. The summed E-state index contributed by atoms with van der Waals surface area (Å²) < 4.78 is 6.79. The normalized spacial score (nSPS) is 20.6. The van der Waals surface area contributed by atoms with Crippen molar-refractivity contribution in [3.05, 3.63) is 21.9 Å². The van der Waals surface area contributed by atoms with Crippen LogP contribution in [0.3, 0.4) is 0 Å². The van der Waals surface area contributed by atoms with E-state index < -0.39 is 23.0 Å². The van der Waals surface area contributed by atoms with Crippen molar-refractivity contribution in [1.29, 1.82) is 0 Å². The Morgan fingerprint density at radius 1 is 1.30 bits per heavy atom. The molecule has 0 saturated carbocycles. The highest BCUT2D eigenvalue weighted by Gasteiger charge is 2.41. The zero-order valence-electron chi connectivity index (χ0n) is 11.0. The number of hydrogen-bond donors (Lipinski definition) is 2. The predicted molar refractivity (Wildman–Crippen MR) is 68.1 cm³/mol. The Bertz CT molecular complexity index is 616. The topological polar surface area (TPSA) is 102 Å². The molecular weight excluding hydrogens is 264 g/mol. The number of carboxylic acid groups (broad SMARTS) is 1. The Labute approximate surface area is 114 Å². The number of aromatic hydroxyl groups is 1. The molecule has 7 heteroatoms. The molecule has 20 heavy (non-hydrogen) atoms. The van der Waals surface area contributed by atoms with Gasteiger partial charge in [0.05, 0.1) is 0 Å². The van der Waals surface area contributed by atoms with E-state index in [1.54, 1.807) is 0 Å². The van der Waals surface area contributed by atoms with Gasteiger partial charge in [0.1, 0.15) is 5.82 Å². The van der Waals surface area contributed by atoms with Gasteiger partial charge in [-0.15, -0.1) is 0 Å². The van der Waals surface area contributed by atoms with Crippen molar-refractivity contribution in [3.8, 4) is 5.75 Å². The van der Waals surface area contributed by atoms with E-state index >= 15 is 0 Å². The van der Waals surface area contributed by atoms with Gasteiger partial charge in [-0.1, -0.05) is 0 Å². The molecule has 0 aromatic carbocycles. The van der Waals surface area contributed by atoms with E-state index in [1.807, 2.05) is 0 Å². The van der Waals surface area contributed by atoms with Crippen LogP contribution in [0.5, 0.6) is 5.75 Å². The van der Waals surface area contributed by atoms with Gasteiger partial charge in [-0.2, -0.15) is 0 Å². The van der Waals surface area contributed by atoms with Crippen LogP contribution in [0, 0.1) is 0 Å². The van der Waals surface area contributed by atoms with Crippen LogP contribution in [0.25, 0.3) is 0 Å². The van der Waals surface area contributed by atoms with Gasteiger partial charge in [0, 0.05) is 25.2 Å². The molecule has 0 radical (unpaired) electrons. The van der Waals surface area contributed by atoms with E-state index in [0.717, 1.165) is 25.7 Å². The van der Waals surface area contributed by atoms with Crippen molar-refractivity contribution in [2.24, 2.45) is 0 Å². The Kier molecular flexibility index (Phi) is 3.01. The summed E-state index contributed by atoms with van der Waals surface area (Å²) in [5.41, 5.74) is -1.50. The van der Waals surface area contributed by atoms with Crippen LogP contribution in [-0.2, 0) is 16.7 Å². The second-order valence-corrected chi connectivity index (χ2v) is 5.39. The molecule has 1 aromatic rings. The fourth-order valence-electron chi connectivity index (χ4n) is 3.23. The first-order valence-corrected chi connectivity index (χ1v) is 6.70. The van der Waals surface area contributed by atoms with E-state index in [4.69, 9.17) is 9.84 Å². The van der Waals surface area contributed by atoms with Crippen LogP contribution in [-0.4, -0.2) is 38.9 Å². The fraction of sp³-hybridized carbons (Fsp3) is 0.615. The van der Waals surface area contributed by atoms with Gasteiger partial charge in [-0.05, 0) is 25.7 Å². The van der Waals surface area contributed by atoms with Crippen LogP contribution in [0.2, 0.25) is 0 Å². The van der Waals surface area contributed by atoms with E-state index in [2.05, 4.69) is 4.98 Å². The quantitative estimate of drug-likeness (QED) is 0.776. The third-order valence-corrected chi connectivity index (χ3v) is 4.31. The minimum absolute atomic E-state index is 0.298. The maximum Gasteiger partial charge on any atom is 0.358 e. The summed E-state index contributed by atoms with van der Waals surface area (Å²) in [7, 11) is 0.